The number of halogens is 1. The first-order chi connectivity index (χ1) is 8.54. The second-order valence-corrected chi connectivity index (χ2v) is 4.51. The summed E-state index contributed by atoms with van der Waals surface area (Å²) in [5.41, 5.74) is 0.949. The minimum absolute atomic E-state index is 0.225. The zero-order valence-corrected chi connectivity index (χ0v) is 11.4. The molecule has 18 heavy (non-hydrogen) atoms. The van der Waals surface area contributed by atoms with Crippen molar-refractivity contribution in [1.29, 1.82) is 0 Å². The van der Waals surface area contributed by atoms with Crippen molar-refractivity contribution >= 4 is 33.7 Å². The second-order valence-electron chi connectivity index (χ2n) is 3.60. The molecule has 0 spiro atoms. The van der Waals surface area contributed by atoms with Gasteiger partial charge in [0, 0.05) is 31.2 Å². The van der Waals surface area contributed by atoms with Crippen molar-refractivity contribution in [3.8, 4) is 0 Å². The fourth-order valence-corrected chi connectivity index (χ4v) is 1.45. The number of rotatable bonds is 2. The van der Waals surface area contributed by atoms with Crippen LogP contribution in [0.25, 0.3) is 0 Å². The maximum atomic E-state index is 11.6. The number of aryl methyl sites for hydroxylation is 2. The van der Waals surface area contributed by atoms with Gasteiger partial charge in [0.2, 0.25) is 5.95 Å². The molecule has 0 saturated heterocycles. The van der Waals surface area contributed by atoms with Crippen molar-refractivity contribution in [2.45, 2.75) is 6.92 Å². The highest BCUT2D eigenvalue weighted by Crippen LogP contribution is 2.09. The van der Waals surface area contributed by atoms with E-state index in [4.69, 9.17) is 0 Å². The maximum Gasteiger partial charge on any atom is 0.327 e. The Morgan fingerprint density at radius 2 is 2.00 bits per heavy atom. The van der Waals surface area contributed by atoms with Gasteiger partial charge in [-0.3, -0.25) is 15.3 Å². The molecule has 7 nitrogen and oxygen atoms in total. The summed E-state index contributed by atoms with van der Waals surface area (Å²) in [6.07, 6.45) is 3.10. The monoisotopic (exact) mass is 310 g/mol. The minimum atomic E-state index is -0.435. The molecule has 2 rings (SSSR count). The molecule has 0 aliphatic rings. The Bertz CT molecular complexity index is 545. The summed E-state index contributed by atoms with van der Waals surface area (Å²) in [4.78, 5) is 19.5. The molecule has 2 heterocycles. The van der Waals surface area contributed by atoms with E-state index in [0.717, 1.165) is 10.2 Å². The van der Waals surface area contributed by atoms with Crippen LogP contribution in [-0.2, 0) is 7.05 Å². The summed E-state index contributed by atoms with van der Waals surface area (Å²) in [6.45, 7) is 1.90. The minimum Gasteiger partial charge on any atom is -0.291 e. The van der Waals surface area contributed by atoms with E-state index < -0.39 is 6.03 Å². The van der Waals surface area contributed by atoms with Crippen LogP contribution in [0.15, 0.2) is 22.9 Å². The number of anilines is 2. The molecule has 94 valence electrons. The topological polar surface area (TPSA) is 84.7 Å². The number of hydrogen-bond donors (Lipinski definition) is 2. The molecule has 0 aromatic carbocycles. The molecule has 8 heteroatoms. The van der Waals surface area contributed by atoms with E-state index in [-0.39, 0.29) is 5.95 Å². The van der Waals surface area contributed by atoms with Gasteiger partial charge in [0.15, 0.2) is 5.82 Å². The average Bonchev–Trinajstić information content (AvgIpc) is 2.61. The summed E-state index contributed by atoms with van der Waals surface area (Å²) in [6, 6.07) is 1.33. The van der Waals surface area contributed by atoms with Crippen molar-refractivity contribution < 1.29 is 4.79 Å². The molecule has 0 aliphatic carbocycles. The van der Waals surface area contributed by atoms with Gasteiger partial charge in [-0.2, -0.15) is 5.10 Å². The highest BCUT2D eigenvalue weighted by molar-refractivity contribution is 9.10. The van der Waals surface area contributed by atoms with Gasteiger partial charge < -0.3 is 0 Å². The summed E-state index contributed by atoms with van der Waals surface area (Å²) in [7, 11) is 1.80. The smallest absolute Gasteiger partial charge is 0.291 e. The molecular weight excluding hydrogens is 300 g/mol. The first kappa shape index (κ1) is 12.5. The first-order valence-electron chi connectivity index (χ1n) is 5.11. The van der Waals surface area contributed by atoms with Crippen molar-refractivity contribution in [3.63, 3.8) is 0 Å². The van der Waals surface area contributed by atoms with E-state index in [1.54, 1.807) is 30.2 Å². The number of carbonyl (C=O) groups excluding carboxylic acids is 1. The molecule has 2 aromatic rings. The third kappa shape index (κ3) is 3.04. The lowest BCUT2D eigenvalue weighted by molar-refractivity contribution is 0.262. The molecular formula is C10H11BrN6O. The number of nitrogens with zero attached hydrogens (tertiary/aromatic N) is 4. The Labute approximate surface area is 112 Å². The summed E-state index contributed by atoms with van der Waals surface area (Å²) < 4.78 is 2.42. The summed E-state index contributed by atoms with van der Waals surface area (Å²) >= 11 is 3.21. The van der Waals surface area contributed by atoms with E-state index in [0.29, 0.717) is 5.82 Å². The van der Waals surface area contributed by atoms with Crippen LogP contribution in [0.4, 0.5) is 16.6 Å². The standard InChI is InChI=1S/C10H11BrN6O/c1-6-3-8(16-17(6)2)14-10(18)15-9-12-4-7(11)5-13-9/h3-5H,1-2H3,(H2,12,13,14,15,16,18). The molecule has 0 fully saturated rings. The van der Waals surface area contributed by atoms with Crippen molar-refractivity contribution in [2.24, 2.45) is 7.05 Å². The molecule has 0 saturated carbocycles. The van der Waals surface area contributed by atoms with Gasteiger partial charge in [0.1, 0.15) is 0 Å². The number of carbonyl (C=O) groups is 1. The van der Waals surface area contributed by atoms with E-state index >= 15 is 0 Å². The molecule has 0 bridgehead atoms. The lowest BCUT2D eigenvalue weighted by Crippen LogP contribution is -2.21. The van der Waals surface area contributed by atoms with Gasteiger partial charge in [-0.25, -0.2) is 14.8 Å². The first-order valence-corrected chi connectivity index (χ1v) is 5.90. The maximum absolute atomic E-state index is 11.6. The van der Waals surface area contributed by atoms with Gasteiger partial charge in [-0.15, -0.1) is 0 Å². The lowest BCUT2D eigenvalue weighted by atomic mass is 10.5. The molecule has 0 atom stereocenters. The van der Waals surface area contributed by atoms with Gasteiger partial charge >= 0.3 is 6.03 Å². The predicted molar refractivity (Wildman–Crippen MR) is 70.3 cm³/mol. The fourth-order valence-electron chi connectivity index (χ4n) is 1.25. The summed E-state index contributed by atoms with van der Waals surface area (Å²) in [5, 5.41) is 9.20. The Morgan fingerprint density at radius 3 is 2.56 bits per heavy atom. The molecule has 0 unspecified atom stereocenters. The molecule has 0 radical (unpaired) electrons. The number of amides is 2. The molecule has 0 aliphatic heterocycles. The molecule has 2 amide bonds. The van der Waals surface area contributed by atoms with Crippen molar-refractivity contribution in [2.75, 3.05) is 10.6 Å². The quantitative estimate of drug-likeness (QED) is 0.887. The number of hydrogen-bond acceptors (Lipinski definition) is 4. The van der Waals surface area contributed by atoms with Crippen LogP contribution in [0, 0.1) is 6.92 Å². The Balaban J connectivity index is 1.98. The second kappa shape index (κ2) is 5.13. The number of urea groups is 1. The third-order valence-electron chi connectivity index (χ3n) is 2.20. The van der Waals surface area contributed by atoms with E-state index in [9.17, 15) is 4.79 Å². The zero-order chi connectivity index (χ0) is 13.1. The van der Waals surface area contributed by atoms with Crippen LogP contribution in [-0.4, -0.2) is 25.8 Å². The average molecular weight is 311 g/mol. The predicted octanol–water partition coefficient (Wildman–Crippen LogP) is 1.93. The number of aromatic nitrogens is 4. The van der Waals surface area contributed by atoms with Gasteiger partial charge in [0.05, 0.1) is 4.47 Å². The van der Waals surface area contributed by atoms with E-state index in [2.05, 4.69) is 41.6 Å². The van der Waals surface area contributed by atoms with E-state index in [1.807, 2.05) is 6.92 Å². The van der Waals surface area contributed by atoms with Gasteiger partial charge in [-0.05, 0) is 22.9 Å². The summed E-state index contributed by atoms with van der Waals surface area (Å²) in [5.74, 6) is 0.702. The van der Waals surface area contributed by atoms with Crippen molar-refractivity contribution in [3.05, 3.63) is 28.6 Å². The Hall–Kier alpha value is -1.96. The molecule has 2 N–H and O–H groups in total. The van der Waals surface area contributed by atoms with Crippen LogP contribution in [0.5, 0.6) is 0 Å². The fraction of sp³-hybridized carbons (Fsp3) is 0.200. The van der Waals surface area contributed by atoms with Crippen LogP contribution in [0.3, 0.4) is 0 Å². The van der Waals surface area contributed by atoms with Crippen LogP contribution in [0.2, 0.25) is 0 Å². The van der Waals surface area contributed by atoms with E-state index in [1.165, 1.54) is 0 Å². The normalized spacial score (nSPS) is 10.2. The third-order valence-corrected chi connectivity index (χ3v) is 2.61. The van der Waals surface area contributed by atoms with Gasteiger partial charge in [0.25, 0.3) is 0 Å². The van der Waals surface area contributed by atoms with Crippen LogP contribution >= 0.6 is 15.9 Å². The lowest BCUT2D eigenvalue weighted by Gasteiger charge is -2.03. The molecule has 2 aromatic heterocycles. The highest BCUT2D eigenvalue weighted by atomic mass is 79.9. The zero-order valence-electron chi connectivity index (χ0n) is 9.81. The Kier molecular flexibility index (Phi) is 3.56. The van der Waals surface area contributed by atoms with Crippen molar-refractivity contribution in [1.82, 2.24) is 19.7 Å². The van der Waals surface area contributed by atoms with Gasteiger partial charge in [-0.1, -0.05) is 0 Å². The SMILES string of the molecule is Cc1cc(NC(=O)Nc2ncc(Br)cn2)nn1C. The number of nitrogens with one attached hydrogen (secondary N) is 2. The Morgan fingerprint density at radius 1 is 1.33 bits per heavy atom. The highest BCUT2D eigenvalue weighted by Gasteiger charge is 2.07. The largest absolute Gasteiger partial charge is 0.327 e. The van der Waals surface area contributed by atoms with Crippen LogP contribution < -0.4 is 10.6 Å². The van der Waals surface area contributed by atoms with Crippen LogP contribution in [0.1, 0.15) is 5.69 Å².